The molecular formula is C21H22N4O5S. The van der Waals surface area contributed by atoms with E-state index in [9.17, 15) is 14.4 Å². The van der Waals surface area contributed by atoms with E-state index in [2.05, 4.69) is 20.6 Å². The average Bonchev–Trinajstić information content (AvgIpc) is 3.28. The van der Waals surface area contributed by atoms with Crippen molar-refractivity contribution in [2.75, 3.05) is 12.9 Å². The number of rotatable bonds is 10. The summed E-state index contributed by atoms with van der Waals surface area (Å²) < 4.78 is 10.3. The number of thioether (sulfide) groups is 1. The van der Waals surface area contributed by atoms with Crippen LogP contribution in [0.25, 0.3) is 0 Å². The first kappa shape index (κ1) is 22.2. The van der Waals surface area contributed by atoms with Crippen LogP contribution in [0.15, 0.2) is 63.1 Å². The quantitative estimate of drug-likeness (QED) is 0.322. The van der Waals surface area contributed by atoms with Gasteiger partial charge >= 0.3 is 0 Å². The molecule has 0 spiro atoms. The van der Waals surface area contributed by atoms with Gasteiger partial charge < -0.3 is 24.8 Å². The lowest BCUT2D eigenvalue weighted by Crippen LogP contribution is -2.26. The summed E-state index contributed by atoms with van der Waals surface area (Å²) >= 11 is 1.08. The van der Waals surface area contributed by atoms with Gasteiger partial charge in [-0.05, 0) is 29.8 Å². The van der Waals surface area contributed by atoms with Crippen LogP contribution in [-0.4, -0.2) is 34.6 Å². The van der Waals surface area contributed by atoms with Crippen LogP contribution in [0.1, 0.15) is 17.0 Å². The summed E-state index contributed by atoms with van der Waals surface area (Å²) in [5, 5.41) is 5.78. The monoisotopic (exact) mass is 442 g/mol. The molecule has 0 bridgehead atoms. The zero-order valence-corrected chi connectivity index (χ0v) is 17.7. The third-order valence-corrected chi connectivity index (χ3v) is 4.99. The predicted molar refractivity (Wildman–Crippen MR) is 115 cm³/mol. The van der Waals surface area contributed by atoms with Crippen LogP contribution in [0.3, 0.4) is 0 Å². The van der Waals surface area contributed by atoms with Crippen molar-refractivity contribution in [3.63, 3.8) is 0 Å². The Morgan fingerprint density at radius 2 is 1.97 bits per heavy atom. The minimum Gasteiger partial charge on any atom is -0.497 e. The highest BCUT2D eigenvalue weighted by atomic mass is 32.2. The van der Waals surface area contributed by atoms with E-state index in [1.54, 1.807) is 19.2 Å². The Bertz CT molecular complexity index is 1080. The molecule has 0 aliphatic heterocycles. The lowest BCUT2D eigenvalue weighted by Gasteiger charge is -2.08. The highest BCUT2D eigenvalue weighted by molar-refractivity contribution is 7.99. The SMILES string of the molecule is COc1cccc(CNC(=O)Cc2cc(=O)[nH]c(SCC(=O)NCc3ccco3)n2)c1. The first-order valence-electron chi connectivity index (χ1n) is 9.43. The molecule has 0 atom stereocenters. The van der Waals surface area contributed by atoms with Crippen molar-refractivity contribution in [1.82, 2.24) is 20.6 Å². The molecule has 2 amide bonds. The first-order chi connectivity index (χ1) is 15.0. The standard InChI is InChI=1S/C21H22N4O5S/c1-29-16-5-2-4-14(8-16)11-22-18(26)9-15-10-19(27)25-21(24-15)31-13-20(28)23-12-17-6-3-7-30-17/h2-8,10H,9,11-13H2,1H3,(H,22,26)(H,23,28)(H,24,25,27). The highest BCUT2D eigenvalue weighted by Crippen LogP contribution is 2.13. The topological polar surface area (TPSA) is 126 Å². The molecule has 0 aliphatic rings. The Hall–Kier alpha value is -3.53. The van der Waals surface area contributed by atoms with Crippen LogP contribution in [-0.2, 0) is 29.1 Å². The summed E-state index contributed by atoms with van der Waals surface area (Å²) in [5.41, 5.74) is 0.831. The van der Waals surface area contributed by atoms with E-state index < -0.39 is 0 Å². The zero-order valence-electron chi connectivity index (χ0n) is 16.8. The molecule has 10 heteroatoms. The number of nitrogens with one attached hydrogen (secondary N) is 3. The number of H-pyrrole nitrogens is 1. The van der Waals surface area contributed by atoms with Gasteiger partial charge in [0.1, 0.15) is 11.5 Å². The van der Waals surface area contributed by atoms with Crippen LogP contribution in [0.4, 0.5) is 0 Å². The second-order valence-corrected chi connectivity index (χ2v) is 7.46. The molecule has 162 valence electrons. The molecule has 2 heterocycles. The van der Waals surface area contributed by atoms with E-state index in [0.29, 0.717) is 23.7 Å². The smallest absolute Gasteiger partial charge is 0.251 e. The van der Waals surface area contributed by atoms with Gasteiger partial charge in [-0.2, -0.15) is 0 Å². The van der Waals surface area contributed by atoms with Crippen molar-refractivity contribution in [3.05, 3.63) is 76.1 Å². The van der Waals surface area contributed by atoms with Crippen molar-refractivity contribution in [3.8, 4) is 5.75 Å². The van der Waals surface area contributed by atoms with E-state index in [1.165, 1.54) is 12.3 Å². The summed E-state index contributed by atoms with van der Waals surface area (Å²) in [4.78, 5) is 42.9. The molecule has 2 aromatic heterocycles. The van der Waals surface area contributed by atoms with E-state index in [0.717, 1.165) is 17.3 Å². The molecule has 3 N–H and O–H groups in total. The third-order valence-electron chi connectivity index (χ3n) is 4.12. The number of ether oxygens (including phenoxy) is 1. The van der Waals surface area contributed by atoms with Gasteiger partial charge in [-0.15, -0.1) is 0 Å². The summed E-state index contributed by atoms with van der Waals surface area (Å²) in [6.07, 6.45) is 1.48. The molecule has 1 aromatic carbocycles. The van der Waals surface area contributed by atoms with Gasteiger partial charge in [-0.1, -0.05) is 23.9 Å². The van der Waals surface area contributed by atoms with Gasteiger partial charge in [-0.25, -0.2) is 4.98 Å². The summed E-state index contributed by atoms with van der Waals surface area (Å²) in [7, 11) is 1.58. The average molecular weight is 442 g/mol. The second-order valence-electron chi connectivity index (χ2n) is 6.49. The first-order valence-corrected chi connectivity index (χ1v) is 10.4. The van der Waals surface area contributed by atoms with Crippen LogP contribution >= 0.6 is 11.8 Å². The maximum Gasteiger partial charge on any atom is 0.251 e. The van der Waals surface area contributed by atoms with Crippen molar-refractivity contribution < 1.29 is 18.7 Å². The minimum atomic E-state index is -0.385. The summed E-state index contributed by atoms with van der Waals surface area (Å²) in [5.74, 6) is 0.915. The summed E-state index contributed by atoms with van der Waals surface area (Å²) in [6, 6.07) is 12.1. The number of benzene rings is 1. The fraction of sp³-hybridized carbons (Fsp3) is 0.238. The van der Waals surface area contributed by atoms with Crippen LogP contribution in [0, 0.1) is 0 Å². The zero-order chi connectivity index (χ0) is 22.1. The predicted octanol–water partition coefficient (Wildman–Crippen LogP) is 1.64. The van der Waals surface area contributed by atoms with Crippen LogP contribution in [0.5, 0.6) is 5.75 Å². The number of carbonyl (C=O) groups excluding carboxylic acids is 2. The fourth-order valence-corrected chi connectivity index (χ4v) is 3.36. The van der Waals surface area contributed by atoms with E-state index in [1.807, 2.05) is 24.3 Å². The van der Waals surface area contributed by atoms with Crippen molar-refractivity contribution in [1.29, 1.82) is 0 Å². The Labute approximate surface area is 182 Å². The van der Waals surface area contributed by atoms with Crippen molar-refractivity contribution in [2.24, 2.45) is 0 Å². The number of aromatic amines is 1. The molecule has 0 saturated heterocycles. The van der Waals surface area contributed by atoms with Crippen molar-refractivity contribution in [2.45, 2.75) is 24.7 Å². The summed E-state index contributed by atoms with van der Waals surface area (Å²) in [6.45, 7) is 0.612. The Kier molecular flexibility index (Phi) is 7.88. The second kappa shape index (κ2) is 11.0. The molecule has 0 fully saturated rings. The fourth-order valence-electron chi connectivity index (χ4n) is 2.64. The Morgan fingerprint density at radius 3 is 2.74 bits per heavy atom. The number of amides is 2. The van der Waals surface area contributed by atoms with Gasteiger partial charge in [0.2, 0.25) is 11.8 Å². The largest absolute Gasteiger partial charge is 0.497 e. The number of methoxy groups -OCH3 is 1. The van der Waals surface area contributed by atoms with E-state index in [-0.39, 0.29) is 41.2 Å². The number of nitrogens with zero attached hydrogens (tertiary/aromatic N) is 1. The van der Waals surface area contributed by atoms with Crippen LogP contribution in [0.2, 0.25) is 0 Å². The molecular weight excluding hydrogens is 420 g/mol. The van der Waals surface area contributed by atoms with Gasteiger partial charge in [0.25, 0.3) is 5.56 Å². The van der Waals surface area contributed by atoms with Gasteiger partial charge in [0.05, 0.1) is 37.8 Å². The molecule has 0 unspecified atom stereocenters. The molecule has 0 radical (unpaired) electrons. The number of carbonyl (C=O) groups is 2. The van der Waals surface area contributed by atoms with Gasteiger partial charge in [0.15, 0.2) is 5.16 Å². The maximum absolute atomic E-state index is 12.3. The van der Waals surface area contributed by atoms with E-state index >= 15 is 0 Å². The third kappa shape index (κ3) is 7.34. The highest BCUT2D eigenvalue weighted by Gasteiger charge is 2.10. The molecule has 3 aromatic rings. The Morgan fingerprint density at radius 1 is 1.13 bits per heavy atom. The molecule has 31 heavy (non-hydrogen) atoms. The number of hydrogen-bond donors (Lipinski definition) is 3. The normalized spacial score (nSPS) is 10.5. The lowest BCUT2D eigenvalue weighted by molar-refractivity contribution is -0.121. The minimum absolute atomic E-state index is 0.0495. The van der Waals surface area contributed by atoms with Gasteiger partial charge in [0, 0.05) is 12.6 Å². The molecule has 3 rings (SSSR count). The molecule has 9 nitrogen and oxygen atoms in total. The molecule has 0 saturated carbocycles. The number of hydrogen-bond acceptors (Lipinski definition) is 7. The van der Waals surface area contributed by atoms with Crippen molar-refractivity contribution >= 4 is 23.6 Å². The Balaban J connectivity index is 1.49. The van der Waals surface area contributed by atoms with Gasteiger partial charge in [-0.3, -0.25) is 14.4 Å². The lowest BCUT2D eigenvalue weighted by atomic mass is 10.2. The molecule has 0 aliphatic carbocycles. The number of aromatic nitrogens is 2. The van der Waals surface area contributed by atoms with Crippen LogP contribution < -0.4 is 20.9 Å². The van der Waals surface area contributed by atoms with E-state index in [4.69, 9.17) is 9.15 Å². The maximum atomic E-state index is 12.3. The number of furan rings is 1.